The number of aliphatic imine (C=N–C) groups is 1. The molecule has 2 aliphatic heterocycles. The number of hydrogen-bond donors (Lipinski definition) is 1. The Morgan fingerprint density at radius 3 is 2.65 bits per heavy atom. The Hall–Kier alpha value is -1.59. The zero-order chi connectivity index (χ0) is 18.2. The fourth-order valence-electron chi connectivity index (χ4n) is 4.08. The van der Waals surface area contributed by atoms with Crippen LogP contribution in [0.15, 0.2) is 35.3 Å². The van der Waals surface area contributed by atoms with Gasteiger partial charge in [-0.1, -0.05) is 37.3 Å². The van der Waals surface area contributed by atoms with Crippen LogP contribution in [0, 0.1) is 5.92 Å². The molecule has 5 heteroatoms. The third-order valence-electron chi connectivity index (χ3n) is 5.55. The molecular formula is C21H34N4O. The van der Waals surface area contributed by atoms with Gasteiger partial charge in [0.2, 0.25) is 0 Å². The molecule has 2 atom stereocenters. The van der Waals surface area contributed by atoms with Gasteiger partial charge in [0, 0.05) is 39.3 Å². The van der Waals surface area contributed by atoms with Crippen LogP contribution >= 0.6 is 0 Å². The summed E-state index contributed by atoms with van der Waals surface area (Å²) in [6.45, 7) is 13.3. The van der Waals surface area contributed by atoms with Crippen molar-refractivity contribution < 1.29 is 4.74 Å². The van der Waals surface area contributed by atoms with Crippen LogP contribution in [0.1, 0.15) is 31.7 Å². The topological polar surface area (TPSA) is 40.1 Å². The lowest BCUT2D eigenvalue weighted by Gasteiger charge is -2.39. The molecule has 0 radical (unpaired) electrons. The molecule has 1 aromatic carbocycles. The van der Waals surface area contributed by atoms with Crippen LogP contribution in [0.25, 0.3) is 0 Å². The number of rotatable bonds is 5. The first-order valence-electron chi connectivity index (χ1n) is 10.2. The zero-order valence-electron chi connectivity index (χ0n) is 16.4. The normalized spacial score (nSPS) is 25.3. The van der Waals surface area contributed by atoms with Crippen molar-refractivity contribution in [1.82, 2.24) is 15.1 Å². The Bertz CT molecular complexity index is 556. The van der Waals surface area contributed by atoms with Crippen LogP contribution in [0.4, 0.5) is 0 Å². The Balaban J connectivity index is 1.55. The average Bonchev–Trinajstić information content (AvgIpc) is 2.69. The minimum absolute atomic E-state index is 0.634. The molecule has 144 valence electrons. The number of hydrogen-bond acceptors (Lipinski definition) is 3. The number of morpholine rings is 1. The minimum atomic E-state index is 0.634. The van der Waals surface area contributed by atoms with E-state index in [2.05, 4.69) is 59.3 Å². The van der Waals surface area contributed by atoms with Crippen LogP contribution in [0.5, 0.6) is 0 Å². The summed E-state index contributed by atoms with van der Waals surface area (Å²) in [6.07, 6.45) is 1.19. The fraction of sp³-hybridized carbons (Fsp3) is 0.667. The van der Waals surface area contributed by atoms with Gasteiger partial charge in [0.05, 0.1) is 19.8 Å². The third kappa shape index (κ3) is 5.21. The first kappa shape index (κ1) is 19.2. The molecule has 0 bridgehead atoms. The molecule has 0 spiro atoms. The Morgan fingerprint density at radius 2 is 1.96 bits per heavy atom. The summed E-state index contributed by atoms with van der Waals surface area (Å²) in [5, 5.41) is 3.50. The van der Waals surface area contributed by atoms with Crippen molar-refractivity contribution in [1.29, 1.82) is 0 Å². The maximum Gasteiger partial charge on any atom is 0.193 e. The van der Waals surface area contributed by atoms with E-state index < -0.39 is 0 Å². The largest absolute Gasteiger partial charge is 0.379 e. The Labute approximate surface area is 158 Å². The van der Waals surface area contributed by atoms with E-state index in [-0.39, 0.29) is 0 Å². The molecule has 2 aliphatic rings. The van der Waals surface area contributed by atoms with Crippen molar-refractivity contribution in [3.05, 3.63) is 35.9 Å². The summed E-state index contributed by atoms with van der Waals surface area (Å²) in [4.78, 5) is 9.81. The average molecular weight is 359 g/mol. The highest BCUT2D eigenvalue weighted by Crippen LogP contribution is 2.32. The van der Waals surface area contributed by atoms with E-state index in [1.165, 1.54) is 12.0 Å². The summed E-state index contributed by atoms with van der Waals surface area (Å²) in [5.41, 5.74) is 1.48. The summed E-state index contributed by atoms with van der Waals surface area (Å²) in [5.74, 6) is 2.37. The van der Waals surface area contributed by atoms with Crippen molar-refractivity contribution in [3.63, 3.8) is 0 Å². The molecule has 2 heterocycles. The number of piperidine rings is 1. The lowest BCUT2D eigenvalue weighted by atomic mass is 9.82. The van der Waals surface area contributed by atoms with Crippen LogP contribution < -0.4 is 5.32 Å². The van der Waals surface area contributed by atoms with Gasteiger partial charge >= 0.3 is 0 Å². The molecule has 2 unspecified atom stereocenters. The monoisotopic (exact) mass is 358 g/mol. The number of ether oxygens (including phenoxy) is 1. The van der Waals surface area contributed by atoms with E-state index in [1.807, 2.05) is 0 Å². The van der Waals surface area contributed by atoms with Gasteiger partial charge in [0.15, 0.2) is 5.96 Å². The smallest absolute Gasteiger partial charge is 0.193 e. The lowest BCUT2D eigenvalue weighted by Crippen LogP contribution is -2.48. The molecule has 5 nitrogen and oxygen atoms in total. The molecule has 2 fully saturated rings. The van der Waals surface area contributed by atoms with E-state index in [0.717, 1.165) is 65.0 Å². The first-order chi connectivity index (χ1) is 12.8. The van der Waals surface area contributed by atoms with E-state index >= 15 is 0 Å². The van der Waals surface area contributed by atoms with Gasteiger partial charge in [-0.15, -0.1) is 0 Å². The van der Waals surface area contributed by atoms with E-state index in [1.54, 1.807) is 0 Å². The first-order valence-corrected chi connectivity index (χ1v) is 10.2. The summed E-state index contributed by atoms with van der Waals surface area (Å²) < 4.78 is 5.42. The van der Waals surface area contributed by atoms with Crippen molar-refractivity contribution >= 4 is 5.96 Å². The van der Waals surface area contributed by atoms with Crippen LogP contribution in [-0.2, 0) is 4.74 Å². The molecule has 1 aromatic rings. The molecule has 26 heavy (non-hydrogen) atoms. The quantitative estimate of drug-likeness (QED) is 0.648. The van der Waals surface area contributed by atoms with Gasteiger partial charge in [-0.2, -0.15) is 0 Å². The van der Waals surface area contributed by atoms with Crippen molar-refractivity contribution in [2.24, 2.45) is 10.9 Å². The van der Waals surface area contributed by atoms with E-state index in [4.69, 9.17) is 9.73 Å². The van der Waals surface area contributed by atoms with Gasteiger partial charge in [0.1, 0.15) is 0 Å². The molecule has 2 saturated heterocycles. The lowest BCUT2D eigenvalue weighted by molar-refractivity contribution is 0.0394. The van der Waals surface area contributed by atoms with Gasteiger partial charge < -0.3 is 15.0 Å². The maximum absolute atomic E-state index is 5.42. The van der Waals surface area contributed by atoms with Crippen molar-refractivity contribution in [3.8, 4) is 0 Å². The number of nitrogens with one attached hydrogen (secondary N) is 1. The van der Waals surface area contributed by atoms with Gasteiger partial charge in [-0.3, -0.25) is 9.89 Å². The highest BCUT2D eigenvalue weighted by Gasteiger charge is 2.28. The second-order valence-corrected chi connectivity index (χ2v) is 7.42. The van der Waals surface area contributed by atoms with Gasteiger partial charge in [0.25, 0.3) is 0 Å². The SMILES string of the molecule is CCNC(=NCCN1CCOCC1)N1CCC(c2ccccc2)C(C)C1. The standard InChI is InChI=1S/C21H34N4O/c1-3-22-21(23-10-12-24-13-15-26-16-14-24)25-11-9-20(18(2)17-25)19-7-5-4-6-8-19/h4-8,18,20H,3,9-17H2,1-2H3,(H,22,23). The Kier molecular flexibility index (Phi) is 7.32. The van der Waals surface area contributed by atoms with Crippen LogP contribution in [0.2, 0.25) is 0 Å². The van der Waals surface area contributed by atoms with Gasteiger partial charge in [-0.05, 0) is 30.7 Å². The highest BCUT2D eigenvalue weighted by atomic mass is 16.5. The van der Waals surface area contributed by atoms with Crippen molar-refractivity contribution in [2.75, 3.05) is 59.0 Å². The minimum Gasteiger partial charge on any atom is -0.379 e. The summed E-state index contributed by atoms with van der Waals surface area (Å²) in [7, 11) is 0. The summed E-state index contributed by atoms with van der Waals surface area (Å²) in [6, 6.07) is 11.0. The van der Waals surface area contributed by atoms with E-state index in [9.17, 15) is 0 Å². The molecule has 0 aromatic heterocycles. The highest BCUT2D eigenvalue weighted by molar-refractivity contribution is 5.80. The van der Waals surface area contributed by atoms with Crippen molar-refractivity contribution in [2.45, 2.75) is 26.2 Å². The predicted molar refractivity (Wildman–Crippen MR) is 108 cm³/mol. The third-order valence-corrected chi connectivity index (χ3v) is 5.55. The number of guanidine groups is 1. The molecule has 3 rings (SSSR count). The maximum atomic E-state index is 5.42. The molecule has 1 N–H and O–H groups in total. The molecule has 0 saturated carbocycles. The molecule has 0 amide bonds. The molecular weight excluding hydrogens is 324 g/mol. The van der Waals surface area contributed by atoms with Gasteiger partial charge in [-0.25, -0.2) is 0 Å². The number of likely N-dealkylation sites (tertiary alicyclic amines) is 1. The van der Waals surface area contributed by atoms with E-state index in [0.29, 0.717) is 11.8 Å². The fourth-order valence-corrected chi connectivity index (χ4v) is 4.08. The number of benzene rings is 1. The molecule has 0 aliphatic carbocycles. The summed E-state index contributed by atoms with van der Waals surface area (Å²) >= 11 is 0. The number of nitrogens with zero attached hydrogens (tertiary/aromatic N) is 3. The Morgan fingerprint density at radius 1 is 1.19 bits per heavy atom. The predicted octanol–water partition coefficient (Wildman–Crippen LogP) is 2.41. The van der Waals surface area contributed by atoms with Crippen LogP contribution in [0.3, 0.4) is 0 Å². The zero-order valence-corrected chi connectivity index (χ0v) is 16.4. The van der Waals surface area contributed by atoms with Crippen LogP contribution in [-0.4, -0.2) is 74.8 Å². The second kappa shape index (κ2) is 9.93. The second-order valence-electron chi connectivity index (χ2n) is 7.42.